The highest BCUT2D eigenvalue weighted by molar-refractivity contribution is 6.31. The van der Waals surface area contributed by atoms with Crippen molar-refractivity contribution in [2.75, 3.05) is 5.32 Å². The van der Waals surface area contributed by atoms with Crippen LogP contribution in [-0.4, -0.2) is 22.5 Å². The Hall–Kier alpha value is -1.75. The molecule has 0 unspecified atom stereocenters. The first-order valence-corrected chi connectivity index (χ1v) is 6.48. The van der Waals surface area contributed by atoms with Gasteiger partial charge in [0.1, 0.15) is 0 Å². The largest absolute Gasteiger partial charge is 0.481 e. The maximum Gasteiger partial charge on any atom is 0.311 e. The SMILES string of the molecule is CC(C)(Nc1cc(Cl)ccc1C(N)=O)C(C)(C)C(=O)O. The molecule has 110 valence electrons. The summed E-state index contributed by atoms with van der Waals surface area (Å²) in [7, 11) is 0. The zero-order valence-electron chi connectivity index (χ0n) is 12.0. The molecule has 0 aliphatic carbocycles. The molecular formula is C14H19ClN2O3. The third-order valence-corrected chi connectivity index (χ3v) is 4.03. The lowest BCUT2D eigenvalue weighted by atomic mass is 9.74. The first-order chi connectivity index (χ1) is 8.99. The van der Waals surface area contributed by atoms with Gasteiger partial charge in [0.2, 0.25) is 0 Å². The highest BCUT2D eigenvalue weighted by Crippen LogP contribution is 2.35. The Kier molecular flexibility index (Phi) is 4.34. The Balaban J connectivity index is 3.25. The lowest BCUT2D eigenvalue weighted by Gasteiger charge is -2.40. The van der Waals surface area contributed by atoms with Crippen molar-refractivity contribution in [2.24, 2.45) is 11.1 Å². The maximum absolute atomic E-state index is 11.4. The molecule has 6 heteroatoms. The monoisotopic (exact) mass is 298 g/mol. The van der Waals surface area contributed by atoms with Gasteiger partial charge in [-0.25, -0.2) is 0 Å². The second kappa shape index (κ2) is 5.32. The first-order valence-electron chi connectivity index (χ1n) is 6.10. The minimum Gasteiger partial charge on any atom is -0.481 e. The number of amides is 1. The Morgan fingerprint density at radius 2 is 1.80 bits per heavy atom. The topological polar surface area (TPSA) is 92.4 Å². The van der Waals surface area contributed by atoms with Crippen LogP contribution in [0.5, 0.6) is 0 Å². The molecule has 20 heavy (non-hydrogen) atoms. The Bertz CT molecular complexity index is 553. The van der Waals surface area contributed by atoms with Crippen molar-refractivity contribution in [3.63, 3.8) is 0 Å². The van der Waals surface area contributed by atoms with Crippen LogP contribution in [0.3, 0.4) is 0 Å². The van der Waals surface area contributed by atoms with E-state index in [1.54, 1.807) is 39.8 Å². The Morgan fingerprint density at radius 3 is 2.25 bits per heavy atom. The van der Waals surface area contributed by atoms with Gasteiger partial charge in [-0.3, -0.25) is 9.59 Å². The molecular weight excluding hydrogens is 280 g/mol. The number of halogens is 1. The van der Waals surface area contributed by atoms with Crippen LogP contribution in [0.4, 0.5) is 5.69 Å². The van der Waals surface area contributed by atoms with Crippen LogP contribution in [0.2, 0.25) is 5.02 Å². The van der Waals surface area contributed by atoms with Crippen molar-refractivity contribution in [2.45, 2.75) is 33.2 Å². The van der Waals surface area contributed by atoms with Crippen molar-refractivity contribution < 1.29 is 14.7 Å². The number of aliphatic carboxylic acids is 1. The highest BCUT2D eigenvalue weighted by Gasteiger charge is 2.43. The number of nitrogens with one attached hydrogen (secondary N) is 1. The molecule has 0 fully saturated rings. The van der Waals surface area contributed by atoms with Crippen LogP contribution in [-0.2, 0) is 4.79 Å². The Labute approximate surface area is 123 Å². The van der Waals surface area contributed by atoms with E-state index in [0.717, 1.165) is 0 Å². The second-order valence-electron chi connectivity index (χ2n) is 5.73. The zero-order valence-corrected chi connectivity index (χ0v) is 12.7. The molecule has 0 atom stereocenters. The van der Waals surface area contributed by atoms with E-state index in [1.807, 2.05) is 0 Å². The van der Waals surface area contributed by atoms with E-state index in [2.05, 4.69) is 5.32 Å². The van der Waals surface area contributed by atoms with Gasteiger partial charge in [-0.15, -0.1) is 0 Å². The molecule has 1 rings (SSSR count). The van der Waals surface area contributed by atoms with Gasteiger partial charge in [-0.1, -0.05) is 11.6 Å². The van der Waals surface area contributed by atoms with E-state index in [4.69, 9.17) is 17.3 Å². The van der Waals surface area contributed by atoms with E-state index in [9.17, 15) is 14.7 Å². The summed E-state index contributed by atoms with van der Waals surface area (Å²) in [5.74, 6) is -1.55. The summed E-state index contributed by atoms with van der Waals surface area (Å²) < 4.78 is 0. The van der Waals surface area contributed by atoms with Crippen LogP contribution in [0.25, 0.3) is 0 Å². The lowest BCUT2D eigenvalue weighted by Crippen LogP contribution is -2.50. The molecule has 1 aromatic rings. The molecule has 0 bridgehead atoms. The number of hydrogen-bond donors (Lipinski definition) is 3. The molecule has 0 saturated heterocycles. The van der Waals surface area contributed by atoms with Gasteiger partial charge in [-0.05, 0) is 45.9 Å². The van der Waals surface area contributed by atoms with Crippen molar-refractivity contribution >= 4 is 29.2 Å². The summed E-state index contributed by atoms with van der Waals surface area (Å²) in [5.41, 5.74) is 4.11. The standard InChI is InChI=1S/C14H19ClN2O3/c1-13(2,12(19)20)14(3,4)17-10-7-8(15)5-6-9(10)11(16)18/h5-7,17H,1-4H3,(H2,16,18)(H,19,20). The van der Waals surface area contributed by atoms with Gasteiger partial charge in [0, 0.05) is 16.2 Å². The van der Waals surface area contributed by atoms with Crippen LogP contribution in [0.15, 0.2) is 18.2 Å². The second-order valence-corrected chi connectivity index (χ2v) is 6.17. The minimum absolute atomic E-state index is 0.267. The normalized spacial score (nSPS) is 12.1. The fourth-order valence-electron chi connectivity index (χ4n) is 1.60. The molecule has 0 aliphatic heterocycles. The predicted octanol–water partition coefficient (Wildman–Crippen LogP) is 2.74. The maximum atomic E-state index is 11.4. The molecule has 1 aromatic carbocycles. The van der Waals surface area contributed by atoms with Crippen molar-refractivity contribution in [3.05, 3.63) is 28.8 Å². The van der Waals surface area contributed by atoms with E-state index in [-0.39, 0.29) is 5.56 Å². The fourth-order valence-corrected chi connectivity index (χ4v) is 1.77. The fraction of sp³-hybridized carbons (Fsp3) is 0.429. The van der Waals surface area contributed by atoms with Gasteiger partial charge >= 0.3 is 5.97 Å². The van der Waals surface area contributed by atoms with E-state index < -0.39 is 22.8 Å². The molecule has 0 saturated carbocycles. The Morgan fingerprint density at radius 1 is 1.25 bits per heavy atom. The van der Waals surface area contributed by atoms with Crippen LogP contribution in [0.1, 0.15) is 38.1 Å². The number of carboxylic acid groups (broad SMARTS) is 1. The van der Waals surface area contributed by atoms with E-state index in [0.29, 0.717) is 10.7 Å². The molecule has 0 radical (unpaired) electrons. The van der Waals surface area contributed by atoms with Crippen LogP contribution < -0.4 is 11.1 Å². The smallest absolute Gasteiger partial charge is 0.311 e. The number of benzene rings is 1. The number of carboxylic acids is 1. The number of primary amides is 1. The third-order valence-electron chi connectivity index (χ3n) is 3.79. The van der Waals surface area contributed by atoms with Crippen LogP contribution in [0, 0.1) is 5.41 Å². The molecule has 0 aromatic heterocycles. The predicted molar refractivity (Wildman–Crippen MR) is 79.1 cm³/mol. The number of hydrogen-bond acceptors (Lipinski definition) is 3. The highest BCUT2D eigenvalue weighted by atomic mass is 35.5. The summed E-state index contributed by atoms with van der Waals surface area (Å²) >= 11 is 5.92. The van der Waals surface area contributed by atoms with E-state index in [1.165, 1.54) is 6.07 Å². The number of nitrogens with two attached hydrogens (primary N) is 1. The number of carbonyl (C=O) groups is 2. The summed E-state index contributed by atoms with van der Waals surface area (Å²) in [4.78, 5) is 22.8. The average molecular weight is 299 g/mol. The molecule has 0 spiro atoms. The average Bonchev–Trinajstić information content (AvgIpc) is 2.27. The minimum atomic E-state index is -1.07. The first kappa shape index (κ1) is 16.3. The molecule has 4 N–H and O–H groups in total. The summed E-state index contributed by atoms with van der Waals surface area (Å²) in [6.45, 7) is 6.70. The molecule has 5 nitrogen and oxygen atoms in total. The zero-order chi connectivity index (χ0) is 15.7. The lowest BCUT2D eigenvalue weighted by molar-refractivity contribution is -0.149. The molecule has 1 amide bonds. The molecule has 0 heterocycles. The number of anilines is 1. The van der Waals surface area contributed by atoms with Crippen molar-refractivity contribution in [1.29, 1.82) is 0 Å². The summed E-state index contributed by atoms with van der Waals surface area (Å²) in [6.07, 6.45) is 0. The van der Waals surface area contributed by atoms with Gasteiger partial charge in [-0.2, -0.15) is 0 Å². The van der Waals surface area contributed by atoms with Gasteiger partial charge in [0.15, 0.2) is 0 Å². The number of rotatable bonds is 5. The van der Waals surface area contributed by atoms with Crippen LogP contribution >= 0.6 is 11.6 Å². The van der Waals surface area contributed by atoms with E-state index >= 15 is 0 Å². The quantitative estimate of drug-likeness (QED) is 0.779. The van der Waals surface area contributed by atoms with Crippen molar-refractivity contribution in [1.82, 2.24) is 0 Å². The van der Waals surface area contributed by atoms with Gasteiger partial charge in [0.25, 0.3) is 5.91 Å². The number of carbonyl (C=O) groups excluding carboxylic acids is 1. The summed E-state index contributed by atoms with van der Waals surface area (Å²) in [5, 5.41) is 12.8. The van der Waals surface area contributed by atoms with Gasteiger partial charge in [0.05, 0.1) is 11.0 Å². The van der Waals surface area contributed by atoms with Crippen molar-refractivity contribution in [3.8, 4) is 0 Å². The summed E-state index contributed by atoms with van der Waals surface area (Å²) in [6, 6.07) is 4.63. The van der Waals surface area contributed by atoms with Gasteiger partial charge < -0.3 is 16.2 Å². The third kappa shape index (κ3) is 3.04. The molecule has 0 aliphatic rings.